The summed E-state index contributed by atoms with van der Waals surface area (Å²) >= 11 is 0. The predicted molar refractivity (Wildman–Crippen MR) is 187 cm³/mol. The van der Waals surface area contributed by atoms with Crippen molar-refractivity contribution >= 4 is 34.1 Å². The van der Waals surface area contributed by atoms with Gasteiger partial charge in [0.2, 0.25) is 0 Å². The van der Waals surface area contributed by atoms with Gasteiger partial charge >= 0.3 is 0 Å². The first-order chi connectivity index (χ1) is 21.8. The van der Waals surface area contributed by atoms with Gasteiger partial charge in [0, 0.05) is 34.1 Å². The second-order valence-corrected chi connectivity index (χ2v) is 10.7. The van der Waals surface area contributed by atoms with E-state index >= 15 is 0 Å². The number of benzene rings is 7. The molecule has 0 spiro atoms. The zero-order valence-electron chi connectivity index (χ0n) is 24.4. The van der Waals surface area contributed by atoms with Crippen molar-refractivity contribution in [3.05, 3.63) is 194 Å². The molecule has 0 bridgehead atoms. The van der Waals surface area contributed by atoms with Gasteiger partial charge in [0.15, 0.2) is 0 Å². The lowest BCUT2D eigenvalue weighted by Gasteiger charge is -2.28. The fourth-order valence-corrected chi connectivity index (χ4v) is 5.67. The van der Waals surface area contributed by atoms with Crippen LogP contribution in [0.1, 0.15) is 0 Å². The number of para-hydroxylation sites is 2. The molecular weight excluding hydrogens is 532 g/mol. The average molecular weight is 565 g/mol. The van der Waals surface area contributed by atoms with Gasteiger partial charge in [-0.05, 0) is 95.1 Å². The van der Waals surface area contributed by atoms with Crippen LogP contribution < -0.4 is 9.80 Å². The van der Waals surface area contributed by atoms with Crippen LogP contribution in [0.25, 0.3) is 22.3 Å². The molecule has 44 heavy (non-hydrogen) atoms. The Morgan fingerprint density at radius 3 is 0.682 bits per heavy atom. The molecule has 0 aliphatic rings. The Morgan fingerprint density at radius 1 is 0.182 bits per heavy atom. The van der Waals surface area contributed by atoms with Gasteiger partial charge in [-0.3, -0.25) is 0 Å². The molecule has 210 valence electrons. The van der Waals surface area contributed by atoms with Crippen molar-refractivity contribution in [3.8, 4) is 22.3 Å². The van der Waals surface area contributed by atoms with E-state index in [9.17, 15) is 0 Å². The first-order valence-corrected chi connectivity index (χ1v) is 14.9. The smallest absolute Gasteiger partial charge is 0.0463 e. The van der Waals surface area contributed by atoms with Gasteiger partial charge in [-0.25, -0.2) is 0 Å². The summed E-state index contributed by atoms with van der Waals surface area (Å²) in [5.41, 5.74) is 11.5. The summed E-state index contributed by atoms with van der Waals surface area (Å²) in [6, 6.07) is 68.6. The number of rotatable bonds is 8. The minimum atomic E-state index is 1.09. The molecule has 7 rings (SSSR count). The van der Waals surface area contributed by atoms with Gasteiger partial charge in [-0.15, -0.1) is 0 Å². The molecule has 2 nitrogen and oxygen atoms in total. The summed E-state index contributed by atoms with van der Waals surface area (Å²) in [7, 11) is 0. The first kappa shape index (κ1) is 27.0. The molecule has 0 aromatic heterocycles. The molecule has 0 saturated carbocycles. The summed E-state index contributed by atoms with van der Waals surface area (Å²) in [6.45, 7) is 0. The molecule has 2 heteroatoms. The molecule has 0 radical (unpaired) electrons. The highest BCUT2D eigenvalue weighted by Gasteiger charge is 2.16. The number of hydrogen-bond donors (Lipinski definition) is 0. The third kappa shape index (κ3) is 5.74. The van der Waals surface area contributed by atoms with Gasteiger partial charge in [0.1, 0.15) is 0 Å². The fraction of sp³-hybridized carbons (Fsp3) is 0. The SMILES string of the molecule is c1ccc(-c2ccc(N(c3ccc(-c4ccccc4)cc3)c3ccc(N(c4ccccc4)c4ccccc4)cc3)cc2)cc1. The van der Waals surface area contributed by atoms with Crippen molar-refractivity contribution in [2.75, 3.05) is 9.80 Å². The first-order valence-electron chi connectivity index (χ1n) is 14.9. The maximum absolute atomic E-state index is 2.32. The maximum atomic E-state index is 2.32. The van der Waals surface area contributed by atoms with E-state index in [0.29, 0.717) is 0 Å². The van der Waals surface area contributed by atoms with Crippen LogP contribution in [-0.2, 0) is 0 Å². The topological polar surface area (TPSA) is 6.48 Å². The number of nitrogens with zero attached hydrogens (tertiary/aromatic N) is 2. The zero-order valence-corrected chi connectivity index (χ0v) is 24.4. The fourth-order valence-electron chi connectivity index (χ4n) is 5.67. The third-order valence-electron chi connectivity index (χ3n) is 7.86. The molecule has 0 amide bonds. The average Bonchev–Trinajstić information content (AvgIpc) is 3.11. The second-order valence-electron chi connectivity index (χ2n) is 10.7. The van der Waals surface area contributed by atoms with E-state index in [1.165, 1.54) is 22.3 Å². The van der Waals surface area contributed by atoms with E-state index in [1.54, 1.807) is 0 Å². The van der Waals surface area contributed by atoms with E-state index < -0.39 is 0 Å². The lowest BCUT2D eigenvalue weighted by Crippen LogP contribution is -2.12. The summed E-state index contributed by atoms with van der Waals surface area (Å²) in [6.07, 6.45) is 0. The molecule has 0 atom stereocenters. The highest BCUT2D eigenvalue weighted by molar-refractivity contribution is 5.82. The molecule has 0 unspecified atom stereocenters. The standard InChI is InChI=1S/C42H32N2/c1-5-13-33(14-6-1)35-21-25-39(26-22-35)44(40-27-23-36(24-28-40)34-15-7-2-8-16-34)42-31-29-41(30-32-42)43(37-17-9-3-10-18-37)38-19-11-4-12-20-38/h1-32H. The van der Waals surface area contributed by atoms with Crippen molar-refractivity contribution in [1.82, 2.24) is 0 Å². The van der Waals surface area contributed by atoms with Gasteiger partial charge < -0.3 is 9.80 Å². The van der Waals surface area contributed by atoms with Crippen LogP contribution in [0.5, 0.6) is 0 Å². The van der Waals surface area contributed by atoms with Crippen LogP contribution in [0, 0.1) is 0 Å². The highest BCUT2D eigenvalue weighted by atomic mass is 15.2. The summed E-state index contributed by atoms with van der Waals surface area (Å²) in [5, 5.41) is 0. The second kappa shape index (κ2) is 12.6. The molecule has 0 N–H and O–H groups in total. The van der Waals surface area contributed by atoms with Gasteiger partial charge in [-0.1, -0.05) is 121 Å². The van der Waals surface area contributed by atoms with Crippen LogP contribution >= 0.6 is 0 Å². The Balaban J connectivity index is 1.28. The monoisotopic (exact) mass is 564 g/mol. The molecule has 0 aliphatic carbocycles. The molecule has 0 saturated heterocycles. The Morgan fingerprint density at radius 2 is 0.386 bits per heavy atom. The third-order valence-corrected chi connectivity index (χ3v) is 7.86. The molecule has 0 aliphatic heterocycles. The van der Waals surface area contributed by atoms with Crippen LogP contribution in [0.4, 0.5) is 34.1 Å². The largest absolute Gasteiger partial charge is 0.311 e. The summed E-state index contributed by atoms with van der Waals surface area (Å²) in [5.74, 6) is 0. The summed E-state index contributed by atoms with van der Waals surface area (Å²) < 4.78 is 0. The summed E-state index contributed by atoms with van der Waals surface area (Å²) in [4.78, 5) is 4.61. The van der Waals surface area contributed by atoms with Crippen LogP contribution in [0.15, 0.2) is 194 Å². The van der Waals surface area contributed by atoms with Gasteiger partial charge in [0.05, 0.1) is 0 Å². The predicted octanol–water partition coefficient (Wildman–Crippen LogP) is 12.0. The molecule has 7 aromatic rings. The Hall–Kier alpha value is -5.86. The van der Waals surface area contributed by atoms with Crippen LogP contribution in [0.3, 0.4) is 0 Å². The number of hydrogen-bond acceptors (Lipinski definition) is 2. The van der Waals surface area contributed by atoms with Crippen molar-refractivity contribution in [3.63, 3.8) is 0 Å². The lowest BCUT2D eigenvalue weighted by atomic mass is 10.0. The van der Waals surface area contributed by atoms with Crippen molar-refractivity contribution in [2.45, 2.75) is 0 Å². The van der Waals surface area contributed by atoms with Crippen molar-refractivity contribution in [1.29, 1.82) is 0 Å². The lowest BCUT2D eigenvalue weighted by molar-refractivity contribution is 1.26. The number of anilines is 6. The van der Waals surface area contributed by atoms with E-state index in [4.69, 9.17) is 0 Å². The van der Waals surface area contributed by atoms with Crippen LogP contribution in [-0.4, -0.2) is 0 Å². The Bertz CT molecular complexity index is 1780. The van der Waals surface area contributed by atoms with E-state index in [1.807, 2.05) is 0 Å². The van der Waals surface area contributed by atoms with Gasteiger partial charge in [0.25, 0.3) is 0 Å². The van der Waals surface area contributed by atoms with E-state index in [-0.39, 0.29) is 0 Å². The quantitative estimate of drug-likeness (QED) is 0.181. The van der Waals surface area contributed by atoms with E-state index in [2.05, 4.69) is 204 Å². The van der Waals surface area contributed by atoms with Crippen LogP contribution in [0.2, 0.25) is 0 Å². The normalized spacial score (nSPS) is 10.7. The molecular formula is C42H32N2. The molecule has 7 aromatic carbocycles. The molecule has 0 heterocycles. The minimum absolute atomic E-state index is 1.09. The maximum Gasteiger partial charge on any atom is 0.0463 e. The molecule has 0 fully saturated rings. The highest BCUT2D eigenvalue weighted by Crippen LogP contribution is 2.40. The van der Waals surface area contributed by atoms with E-state index in [0.717, 1.165) is 34.1 Å². The van der Waals surface area contributed by atoms with Crippen molar-refractivity contribution < 1.29 is 0 Å². The van der Waals surface area contributed by atoms with Crippen molar-refractivity contribution in [2.24, 2.45) is 0 Å². The van der Waals surface area contributed by atoms with Gasteiger partial charge in [-0.2, -0.15) is 0 Å². The zero-order chi connectivity index (χ0) is 29.6. The minimum Gasteiger partial charge on any atom is -0.311 e. The Kier molecular flexibility index (Phi) is 7.71. The Labute approximate surface area is 259 Å².